The molecule has 1 saturated heterocycles. The van der Waals surface area contributed by atoms with Crippen LogP contribution in [-0.4, -0.2) is 59.3 Å². The molecule has 1 aliphatic heterocycles. The van der Waals surface area contributed by atoms with Gasteiger partial charge in [-0.05, 0) is 18.2 Å². The maximum Gasteiger partial charge on any atom is 0.321 e. The van der Waals surface area contributed by atoms with Crippen LogP contribution in [0.5, 0.6) is 0 Å². The van der Waals surface area contributed by atoms with Gasteiger partial charge in [0.1, 0.15) is 5.51 Å². The van der Waals surface area contributed by atoms with E-state index in [1.54, 1.807) is 5.51 Å². The molecular weight excluding hydrogens is 324 g/mol. The molecule has 128 valence electrons. The molecule has 0 saturated carbocycles. The van der Waals surface area contributed by atoms with Crippen molar-refractivity contribution in [1.29, 1.82) is 0 Å². The molecule has 2 heterocycles. The Morgan fingerprint density at radius 1 is 1.17 bits per heavy atom. The van der Waals surface area contributed by atoms with Crippen LogP contribution in [-0.2, 0) is 13.1 Å². The summed E-state index contributed by atoms with van der Waals surface area (Å²) in [5.41, 5.74) is 3.96. The number of likely N-dealkylation sites (N-methyl/N-ethyl adjacent to an activating group) is 1. The number of aromatic nitrogens is 2. The monoisotopic (exact) mass is 346 g/mol. The van der Waals surface area contributed by atoms with Crippen LogP contribution in [0, 0.1) is 0 Å². The molecule has 0 atom stereocenters. The number of nitrogens with one attached hydrogen (secondary N) is 2. The van der Waals surface area contributed by atoms with Gasteiger partial charge in [0.15, 0.2) is 0 Å². The molecule has 1 aromatic carbocycles. The van der Waals surface area contributed by atoms with Gasteiger partial charge in [0.2, 0.25) is 5.13 Å². The van der Waals surface area contributed by atoms with E-state index in [1.165, 1.54) is 16.9 Å². The lowest BCUT2D eigenvalue weighted by Crippen LogP contribution is -2.43. The Morgan fingerprint density at radius 3 is 2.54 bits per heavy atom. The number of benzene rings is 1. The molecule has 24 heavy (non-hydrogen) atoms. The van der Waals surface area contributed by atoms with Gasteiger partial charge in [-0.3, -0.25) is 10.2 Å². The highest BCUT2D eigenvalue weighted by Crippen LogP contribution is 2.10. The zero-order chi connectivity index (χ0) is 16.8. The van der Waals surface area contributed by atoms with Crippen molar-refractivity contribution in [2.45, 2.75) is 13.1 Å². The van der Waals surface area contributed by atoms with Gasteiger partial charge >= 0.3 is 6.03 Å². The van der Waals surface area contributed by atoms with E-state index in [1.807, 2.05) is 0 Å². The van der Waals surface area contributed by atoms with Crippen molar-refractivity contribution in [3.63, 3.8) is 0 Å². The summed E-state index contributed by atoms with van der Waals surface area (Å²) < 4.78 is 0. The van der Waals surface area contributed by atoms with Crippen LogP contribution >= 0.6 is 11.3 Å². The van der Waals surface area contributed by atoms with Crippen LogP contribution in [0.25, 0.3) is 0 Å². The third-order valence-electron chi connectivity index (χ3n) is 4.06. The number of hydrogen-bond donors (Lipinski definition) is 2. The van der Waals surface area contributed by atoms with E-state index < -0.39 is 0 Å². The van der Waals surface area contributed by atoms with Crippen molar-refractivity contribution in [2.75, 3.05) is 38.5 Å². The summed E-state index contributed by atoms with van der Waals surface area (Å²) in [5, 5.41) is 13.4. The normalized spacial score (nSPS) is 16.0. The Hall–Kier alpha value is -2.03. The number of urea groups is 1. The van der Waals surface area contributed by atoms with Crippen molar-refractivity contribution in [1.82, 2.24) is 25.3 Å². The lowest BCUT2D eigenvalue weighted by atomic mass is 10.1. The number of hydrogen-bond acceptors (Lipinski definition) is 6. The van der Waals surface area contributed by atoms with E-state index in [-0.39, 0.29) is 6.03 Å². The second kappa shape index (κ2) is 8.18. The molecule has 0 unspecified atom stereocenters. The van der Waals surface area contributed by atoms with Crippen LogP contribution in [0.4, 0.5) is 9.93 Å². The fourth-order valence-corrected chi connectivity index (χ4v) is 3.02. The van der Waals surface area contributed by atoms with E-state index in [0.29, 0.717) is 11.7 Å². The Labute approximate surface area is 145 Å². The lowest BCUT2D eigenvalue weighted by Gasteiger charge is -2.32. The van der Waals surface area contributed by atoms with Gasteiger partial charge < -0.3 is 10.2 Å². The average Bonchev–Trinajstić information content (AvgIpc) is 3.09. The zero-order valence-corrected chi connectivity index (χ0v) is 14.6. The quantitative estimate of drug-likeness (QED) is 0.860. The van der Waals surface area contributed by atoms with Gasteiger partial charge in [0.25, 0.3) is 0 Å². The van der Waals surface area contributed by atoms with Crippen LogP contribution in [0.1, 0.15) is 11.1 Å². The fourth-order valence-electron chi connectivity index (χ4n) is 2.58. The van der Waals surface area contributed by atoms with Crippen LogP contribution in [0.15, 0.2) is 29.8 Å². The second-order valence-electron chi connectivity index (χ2n) is 5.95. The highest BCUT2D eigenvalue weighted by atomic mass is 32.1. The van der Waals surface area contributed by atoms with Crippen LogP contribution in [0.3, 0.4) is 0 Å². The van der Waals surface area contributed by atoms with Crippen molar-refractivity contribution < 1.29 is 4.79 Å². The first-order chi connectivity index (χ1) is 11.7. The van der Waals surface area contributed by atoms with Crippen molar-refractivity contribution >= 4 is 22.5 Å². The molecule has 7 nitrogen and oxygen atoms in total. The molecule has 0 bridgehead atoms. The average molecular weight is 346 g/mol. The zero-order valence-electron chi connectivity index (χ0n) is 13.7. The van der Waals surface area contributed by atoms with Crippen molar-refractivity contribution in [3.05, 3.63) is 40.9 Å². The molecule has 8 heteroatoms. The van der Waals surface area contributed by atoms with E-state index in [4.69, 9.17) is 0 Å². The van der Waals surface area contributed by atoms with Crippen molar-refractivity contribution in [2.24, 2.45) is 0 Å². The number of carbonyl (C=O) groups excluding carboxylic acids is 1. The van der Waals surface area contributed by atoms with E-state index in [2.05, 4.69) is 61.9 Å². The van der Waals surface area contributed by atoms with E-state index in [0.717, 1.165) is 38.3 Å². The van der Waals surface area contributed by atoms with E-state index in [9.17, 15) is 4.79 Å². The molecule has 0 radical (unpaired) electrons. The number of rotatable bonds is 5. The van der Waals surface area contributed by atoms with Gasteiger partial charge in [-0.25, -0.2) is 4.79 Å². The molecule has 1 fully saturated rings. The minimum atomic E-state index is -0.270. The molecule has 2 aromatic rings. The van der Waals surface area contributed by atoms with E-state index >= 15 is 0 Å². The molecule has 0 aliphatic carbocycles. The number of amides is 2. The number of carbonyl (C=O) groups is 1. The third kappa shape index (κ3) is 4.98. The predicted octanol–water partition coefficient (Wildman–Crippen LogP) is 1.61. The van der Waals surface area contributed by atoms with Gasteiger partial charge in [-0.15, -0.1) is 10.2 Å². The molecule has 1 aliphatic rings. The number of piperazine rings is 1. The topological polar surface area (TPSA) is 73.4 Å². The fraction of sp³-hybridized carbons (Fsp3) is 0.438. The maximum absolute atomic E-state index is 11.7. The maximum atomic E-state index is 11.7. The first kappa shape index (κ1) is 16.8. The van der Waals surface area contributed by atoms with Gasteiger partial charge in [-0.2, -0.15) is 0 Å². The summed E-state index contributed by atoms with van der Waals surface area (Å²) >= 11 is 1.29. The molecule has 2 amide bonds. The second-order valence-corrected chi connectivity index (χ2v) is 6.78. The lowest BCUT2D eigenvalue weighted by molar-refractivity contribution is 0.148. The highest BCUT2D eigenvalue weighted by Gasteiger charge is 2.13. The summed E-state index contributed by atoms with van der Waals surface area (Å²) in [4.78, 5) is 16.6. The Bertz CT molecular complexity index is 637. The van der Waals surface area contributed by atoms with Crippen LogP contribution in [0.2, 0.25) is 0 Å². The SMILES string of the molecule is CN1CCN(Cc2ccc(CNC(=O)Nc3nncs3)cc2)CC1. The Morgan fingerprint density at radius 2 is 1.88 bits per heavy atom. The Kier molecular flexibility index (Phi) is 5.73. The standard InChI is InChI=1S/C16H22N6OS/c1-21-6-8-22(9-7-21)11-14-4-2-13(3-5-14)10-17-15(23)19-16-20-18-12-24-16/h2-5,12H,6-11H2,1H3,(H2,17,19,20,23). The summed E-state index contributed by atoms with van der Waals surface area (Å²) in [6, 6.07) is 8.14. The molecule has 0 spiro atoms. The summed E-state index contributed by atoms with van der Waals surface area (Å²) in [6.07, 6.45) is 0. The molecular formula is C16H22N6OS. The predicted molar refractivity (Wildman–Crippen MR) is 95.0 cm³/mol. The van der Waals surface area contributed by atoms with Gasteiger partial charge in [0, 0.05) is 39.3 Å². The molecule has 2 N–H and O–H groups in total. The Balaban J connectivity index is 1.43. The number of nitrogens with zero attached hydrogens (tertiary/aromatic N) is 4. The summed E-state index contributed by atoms with van der Waals surface area (Å²) in [6.45, 7) is 5.97. The molecule has 1 aromatic heterocycles. The minimum Gasteiger partial charge on any atom is -0.334 e. The third-order valence-corrected chi connectivity index (χ3v) is 4.67. The smallest absolute Gasteiger partial charge is 0.321 e. The molecule has 3 rings (SSSR count). The number of anilines is 1. The first-order valence-corrected chi connectivity index (χ1v) is 8.87. The first-order valence-electron chi connectivity index (χ1n) is 7.99. The minimum absolute atomic E-state index is 0.270. The van der Waals surface area contributed by atoms with Gasteiger partial charge in [0.05, 0.1) is 0 Å². The largest absolute Gasteiger partial charge is 0.334 e. The van der Waals surface area contributed by atoms with Crippen LogP contribution < -0.4 is 10.6 Å². The summed E-state index contributed by atoms with van der Waals surface area (Å²) in [7, 11) is 2.17. The highest BCUT2D eigenvalue weighted by molar-refractivity contribution is 7.13. The van der Waals surface area contributed by atoms with Crippen molar-refractivity contribution in [3.8, 4) is 0 Å². The van der Waals surface area contributed by atoms with Gasteiger partial charge in [-0.1, -0.05) is 35.6 Å². The summed E-state index contributed by atoms with van der Waals surface area (Å²) in [5.74, 6) is 0.